The van der Waals surface area contributed by atoms with E-state index in [1.807, 2.05) is 18.2 Å². The van der Waals surface area contributed by atoms with Crippen molar-refractivity contribution in [2.24, 2.45) is 0 Å². The molecule has 0 aliphatic rings. The molecule has 0 spiro atoms. The number of aliphatic hydroxyl groups is 1. The predicted molar refractivity (Wildman–Crippen MR) is 64.6 cm³/mol. The second kappa shape index (κ2) is 4.60. The Balaban J connectivity index is 2.87. The number of hydrogen-bond acceptors (Lipinski definition) is 2. The molecule has 0 fully saturated rings. The van der Waals surface area contributed by atoms with E-state index in [2.05, 4.69) is 31.8 Å². The van der Waals surface area contributed by atoms with Gasteiger partial charge >= 0.3 is 0 Å². The van der Waals surface area contributed by atoms with Crippen LogP contribution in [0.25, 0.3) is 0 Å². The summed E-state index contributed by atoms with van der Waals surface area (Å²) in [5.41, 5.74) is 0.832. The second-order valence-electron chi connectivity index (χ2n) is 4.75. The summed E-state index contributed by atoms with van der Waals surface area (Å²) in [5.74, 6) is 0. The van der Waals surface area contributed by atoms with Crippen LogP contribution in [0.15, 0.2) is 24.3 Å². The Morgan fingerprint density at radius 3 is 2.20 bits per heavy atom. The quantitative estimate of drug-likeness (QED) is 0.792. The summed E-state index contributed by atoms with van der Waals surface area (Å²) in [6.45, 7) is 6.86. The van der Waals surface area contributed by atoms with E-state index in [1.165, 1.54) is 5.19 Å². The Kier molecular flexibility index (Phi) is 3.67. The average molecular weight is 219 g/mol. The van der Waals surface area contributed by atoms with Crippen LogP contribution in [0, 0.1) is 11.3 Å². The zero-order valence-corrected chi connectivity index (χ0v) is 10.5. The van der Waals surface area contributed by atoms with Gasteiger partial charge in [-0.15, -0.1) is 0 Å². The maximum absolute atomic E-state index is 9.60. The fourth-order valence-corrected chi connectivity index (χ4v) is 2.58. The topological polar surface area (TPSA) is 44.0 Å². The van der Waals surface area contributed by atoms with Crippen molar-refractivity contribution in [2.75, 3.05) is 0 Å². The monoisotopic (exact) mass is 219 g/mol. The third-order valence-electron chi connectivity index (χ3n) is 2.45. The van der Waals surface area contributed by atoms with Crippen molar-refractivity contribution in [3.63, 3.8) is 0 Å². The van der Waals surface area contributed by atoms with E-state index >= 15 is 0 Å². The molecule has 0 aliphatic heterocycles. The zero-order valence-electron chi connectivity index (χ0n) is 9.49. The van der Waals surface area contributed by atoms with Crippen molar-refractivity contribution in [1.82, 2.24) is 0 Å². The van der Waals surface area contributed by atoms with Gasteiger partial charge in [-0.05, 0) is 5.56 Å². The summed E-state index contributed by atoms with van der Waals surface area (Å²) in [6, 6.07) is 9.96. The molecule has 0 saturated carbocycles. The summed E-state index contributed by atoms with van der Waals surface area (Å²) < 4.78 is 0. The lowest BCUT2D eigenvalue weighted by molar-refractivity contribution is 0.183. The van der Waals surface area contributed by atoms with Gasteiger partial charge in [-0.2, -0.15) is 5.26 Å². The molecule has 1 unspecified atom stereocenters. The Bertz CT molecular complexity index is 359. The van der Waals surface area contributed by atoms with Crippen molar-refractivity contribution in [3.8, 4) is 6.07 Å². The minimum Gasteiger partial charge on any atom is -0.387 e. The van der Waals surface area contributed by atoms with E-state index in [1.54, 1.807) is 0 Å². The molecule has 1 aromatic carbocycles. The SMILES string of the molecule is C[Si](C)(C)c1ccc(C(O)CC#N)cc1. The van der Waals surface area contributed by atoms with Gasteiger partial charge in [0.15, 0.2) is 0 Å². The van der Waals surface area contributed by atoms with Crippen LogP contribution in [-0.2, 0) is 0 Å². The molecule has 0 amide bonds. The fraction of sp³-hybridized carbons (Fsp3) is 0.417. The molecular weight excluding hydrogens is 202 g/mol. The van der Waals surface area contributed by atoms with Crippen LogP contribution < -0.4 is 5.19 Å². The van der Waals surface area contributed by atoms with Crippen molar-refractivity contribution in [1.29, 1.82) is 5.26 Å². The summed E-state index contributed by atoms with van der Waals surface area (Å²) in [5, 5.41) is 19.5. The van der Waals surface area contributed by atoms with E-state index < -0.39 is 14.2 Å². The first-order chi connectivity index (χ1) is 6.95. The molecule has 0 aromatic heterocycles. The molecule has 1 atom stereocenters. The first kappa shape index (κ1) is 12.0. The maximum Gasteiger partial charge on any atom is 0.0919 e. The summed E-state index contributed by atoms with van der Waals surface area (Å²) >= 11 is 0. The lowest BCUT2D eigenvalue weighted by Gasteiger charge is -2.17. The Hall–Kier alpha value is -1.11. The fourth-order valence-electron chi connectivity index (χ4n) is 1.41. The number of nitriles is 1. The lowest BCUT2D eigenvalue weighted by Crippen LogP contribution is -2.37. The smallest absolute Gasteiger partial charge is 0.0919 e. The molecule has 0 radical (unpaired) electrons. The highest BCUT2D eigenvalue weighted by Crippen LogP contribution is 2.15. The Labute approximate surface area is 92.2 Å². The van der Waals surface area contributed by atoms with E-state index in [-0.39, 0.29) is 6.42 Å². The van der Waals surface area contributed by atoms with Gasteiger partial charge in [0.1, 0.15) is 0 Å². The standard InChI is InChI=1S/C12H17NOSi/c1-15(2,3)11-6-4-10(5-7-11)12(14)8-9-13/h4-7,12,14H,8H2,1-3H3. The average Bonchev–Trinajstić information content (AvgIpc) is 2.17. The highest BCUT2D eigenvalue weighted by Gasteiger charge is 2.16. The molecule has 0 aliphatic carbocycles. The van der Waals surface area contributed by atoms with Crippen molar-refractivity contribution in [3.05, 3.63) is 29.8 Å². The first-order valence-electron chi connectivity index (χ1n) is 5.10. The molecule has 80 valence electrons. The van der Waals surface area contributed by atoms with Gasteiger partial charge < -0.3 is 5.11 Å². The van der Waals surface area contributed by atoms with Crippen LogP contribution in [0.5, 0.6) is 0 Å². The van der Waals surface area contributed by atoms with Gasteiger partial charge in [-0.25, -0.2) is 0 Å². The highest BCUT2D eigenvalue weighted by atomic mass is 28.3. The lowest BCUT2D eigenvalue weighted by atomic mass is 10.1. The van der Waals surface area contributed by atoms with Gasteiger partial charge in [0.2, 0.25) is 0 Å². The molecule has 2 nitrogen and oxygen atoms in total. The number of rotatable bonds is 3. The second-order valence-corrected chi connectivity index (χ2v) is 9.83. The van der Waals surface area contributed by atoms with Crippen LogP contribution in [0.3, 0.4) is 0 Å². The van der Waals surface area contributed by atoms with E-state index in [4.69, 9.17) is 5.26 Å². The molecule has 3 heteroatoms. The molecule has 1 rings (SSSR count). The van der Waals surface area contributed by atoms with Crippen LogP contribution in [0.1, 0.15) is 18.1 Å². The molecule has 1 N–H and O–H groups in total. The van der Waals surface area contributed by atoms with Crippen LogP contribution >= 0.6 is 0 Å². The Morgan fingerprint density at radius 1 is 1.27 bits per heavy atom. The normalized spacial score (nSPS) is 13.3. The van der Waals surface area contributed by atoms with Crippen LogP contribution in [0.2, 0.25) is 19.6 Å². The molecule has 0 heterocycles. The third-order valence-corrected chi connectivity index (χ3v) is 4.51. The number of nitrogens with zero attached hydrogens (tertiary/aromatic N) is 1. The minimum absolute atomic E-state index is 0.159. The van der Waals surface area contributed by atoms with Gasteiger partial charge in [0.05, 0.1) is 26.7 Å². The number of hydrogen-bond donors (Lipinski definition) is 1. The van der Waals surface area contributed by atoms with Crippen molar-refractivity contribution in [2.45, 2.75) is 32.2 Å². The Morgan fingerprint density at radius 2 is 1.80 bits per heavy atom. The van der Waals surface area contributed by atoms with Crippen LogP contribution in [0.4, 0.5) is 0 Å². The molecular formula is C12H17NOSi. The summed E-state index contributed by atoms with van der Waals surface area (Å²) in [4.78, 5) is 0. The van der Waals surface area contributed by atoms with Crippen LogP contribution in [-0.4, -0.2) is 13.2 Å². The van der Waals surface area contributed by atoms with Gasteiger partial charge in [0, 0.05) is 0 Å². The van der Waals surface area contributed by atoms with Crippen molar-refractivity contribution >= 4 is 13.3 Å². The number of aliphatic hydroxyl groups excluding tert-OH is 1. The minimum atomic E-state index is -1.26. The van der Waals surface area contributed by atoms with Gasteiger partial charge in [-0.3, -0.25) is 0 Å². The largest absolute Gasteiger partial charge is 0.387 e. The highest BCUT2D eigenvalue weighted by molar-refractivity contribution is 6.88. The van der Waals surface area contributed by atoms with Crippen molar-refractivity contribution < 1.29 is 5.11 Å². The third kappa shape index (κ3) is 3.19. The molecule has 15 heavy (non-hydrogen) atoms. The first-order valence-corrected chi connectivity index (χ1v) is 8.60. The molecule has 0 bridgehead atoms. The molecule has 1 aromatic rings. The summed E-state index contributed by atoms with van der Waals surface area (Å²) in [6.07, 6.45) is -0.488. The predicted octanol–water partition coefficient (Wildman–Crippen LogP) is 2.18. The number of benzene rings is 1. The van der Waals surface area contributed by atoms with Gasteiger partial charge in [-0.1, -0.05) is 49.1 Å². The summed E-state index contributed by atoms with van der Waals surface area (Å²) in [7, 11) is -1.26. The maximum atomic E-state index is 9.60. The zero-order chi connectivity index (χ0) is 11.5. The molecule has 0 saturated heterocycles. The van der Waals surface area contributed by atoms with Gasteiger partial charge in [0.25, 0.3) is 0 Å². The van der Waals surface area contributed by atoms with E-state index in [0.717, 1.165) is 5.56 Å². The van der Waals surface area contributed by atoms with E-state index in [0.29, 0.717) is 0 Å². The van der Waals surface area contributed by atoms with E-state index in [9.17, 15) is 5.11 Å².